The first-order valence-electron chi connectivity index (χ1n) is 5.13. The zero-order valence-electron chi connectivity index (χ0n) is 9.17. The van der Waals surface area contributed by atoms with E-state index in [1.165, 1.54) is 6.08 Å². The predicted octanol–water partition coefficient (Wildman–Crippen LogP) is 2.09. The van der Waals surface area contributed by atoms with Crippen molar-refractivity contribution in [1.82, 2.24) is 0 Å². The molecule has 0 aliphatic heterocycles. The molecular weight excluding hydrogens is 275 g/mol. The van der Waals surface area contributed by atoms with E-state index in [2.05, 4.69) is 6.58 Å². The molecule has 0 unspecified atom stereocenters. The average Bonchev–Trinajstić information content (AvgIpc) is 2.29. The van der Waals surface area contributed by atoms with Crippen molar-refractivity contribution in [2.24, 2.45) is 0 Å². The van der Waals surface area contributed by atoms with Gasteiger partial charge >= 0.3 is 61.5 Å². The van der Waals surface area contributed by atoms with Gasteiger partial charge in [-0.15, -0.1) is 6.58 Å². The predicted molar refractivity (Wildman–Crippen MR) is 75.7 cm³/mol. The molecule has 0 fully saturated rings. The summed E-state index contributed by atoms with van der Waals surface area (Å²) in [6.07, 6.45) is 1.31. The van der Waals surface area contributed by atoms with Gasteiger partial charge in [0.25, 0.3) is 0 Å². The monoisotopic (exact) mass is 288 g/mol. The Labute approximate surface area is 149 Å². The summed E-state index contributed by atoms with van der Waals surface area (Å²) < 4.78 is 28.2. The van der Waals surface area contributed by atoms with E-state index >= 15 is 0 Å². The summed E-state index contributed by atoms with van der Waals surface area (Å²) in [7, 11) is -3.59. The molecule has 2 rings (SSSR count). The second-order valence-electron chi connectivity index (χ2n) is 3.57. The first-order valence-corrected chi connectivity index (χ1v) is 6.71. The molecule has 0 spiro atoms. The van der Waals surface area contributed by atoms with Gasteiger partial charge in [-0.25, -0.2) is 0 Å². The fourth-order valence-corrected chi connectivity index (χ4v) is 2.36. The van der Waals surface area contributed by atoms with Crippen LogP contribution in [0.3, 0.4) is 0 Å². The van der Waals surface area contributed by atoms with Crippen LogP contribution in [-0.4, -0.2) is 65.6 Å². The molecule has 0 N–H and O–H groups in total. The zero-order chi connectivity index (χ0) is 12.3. The Balaban J connectivity index is 0.00000162. The Hall–Kier alpha value is -0.174. The van der Waals surface area contributed by atoms with Crippen molar-refractivity contribution >= 4 is 72.3 Å². The van der Waals surface area contributed by atoms with Gasteiger partial charge in [-0.2, -0.15) is 8.42 Å². The van der Waals surface area contributed by atoms with Crippen LogP contribution in [0.5, 0.6) is 5.75 Å². The minimum absolute atomic E-state index is 0. The Morgan fingerprint density at radius 1 is 1.11 bits per heavy atom. The molecule has 0 aliphatic carbocycles. The average molecular weight is 288 g/mol. The van der Waals surface area contributed by atoms with Crippen molar-refractivity contribution < 1.29 is 12.6 Å². The first kappa shape index (κ1) is 15.9. The quantitative estimate of drug-likeness (QED) is 0.491. The van der Waals surface area contributed by atoms with E-state index in [-0.39, 0.29) is 57.1 Å². The van der Waals surface area contributed by atoms with Crippen LogP contribution in [0.25, 0.3) is 10.8 Å². The third-order valence-corrected chi connectivity index (χ3v) is 3.37. The van der Waals surface area contributed by atoms with E-state index in [0.29, 0.717) is 5.75 Å². The summed E-state index contributed by atoms with van der Waals surface area (Å²) in [5, 5.41) is 1.72. The molecule has 90 valence electrons. The van der Waals surface area contributed by atoms with Gasteiger partial charge in [-0.3, -0.25) is 0 Å². The molecule has 2 aromatic rings. The summed E-state index contributed by atoms with van der Waals surface area (Å²) in [4.78, 5) is 0. The molecule has 18 heavy (non-hydrogen) atoms. The molecule has 0 saturated heterocycles. The van der Waals surface area contributed by atoms with Gasteiger partial charge in [0.15, 0.2) is 0 Å². The topological polar surface area (TPSA) is 43.4 Å². The fourth-order valence-electron chi connectivity index (χ4n) is 1.58. The normalized spacial score (nSPS) is 10.7. The van der Waals surface area contributed by atoms with E-state index in [1.807, 2.05) is 30.3 Å². The molecule has 0 aliphatic rings. The van der Waals surface area contributed by atoms with Crippen LogP contribution in [0, 0.1) is 0 Å². The van der Waals surface area contributed by atoms with Crippen LogP contribution < -0.4 is 4.18 Å². The minimum atomic E-state index is -3.59. The van der Waals surface area contributed by atoms with Crippen LogP contribution in [0.4, 0.5) is 0 Å². The third kappa shape index (κ3) is 3.91. The summed E-state index contributed by atoms with van der Waals surface area (Å²) >= 11 is 0. The van der Waals surface area contributed by atoms with E-state index in [0.717, 1.165) is 10.8 Å². The maximum atomic E-state index is 11.6. The fraction of sp³-hybridized carbons (Fsp3) is 0.0769. The molecule has 5 heteroatoms. The molecular formula is C13H13KO3S. The van der Waals surface area contributed by atoms with Gasteiger partial charge in [-0.1, -0.05) is 42.5 Å². The van der Waals surface area contributed by atoms with Crippen LogP contribution in [0.15, 0.2) is 55.1 Å². The molecule has 0 amide bonds. The Kier molecular flexibility index (Phi) is 6.03. The molecule has 0 atom stereocenters. The van der Waals surface area contributed by atoms with Crippen molar-refractivity contribution in [3.8, 4) is 5.75 Å². The third-order valence-electron chi connectivity index (χ3n) is 2.29. The van der Waals surface area contributed by atoms with Crippen molar-refractivity contribution in [2.75, 3.05) is 5.75 Å². The zero-order valence-corrected chi connectivity index (χ0v) is 9.98. The molecule has 0 radical (unpaired) electrons. The van der Waals surface area contributed by atoms with Crippen molar-refractivity contribution in [1.29, 1.82) is 0 Å². The standard InChI is InChI=1S/C13H12O3S.K.H/c1-2-10-17(14,15)16-13-9-5-7-11-6-3-4-8-12(11)13;;/h2-9H,1,10H2;;. The Bertz CT molecular complexity index is 645. The van der Waals surface area contributed by atoms with E-state index < -0.39 is 10.1 Å². The molecule has 0 heterocycles. The summed E-state index contributed by atoms with van der Waals surface area (Å²) in [5.41, 5.74) is 0. The molecule has 0 bridgehead atoms. The van der Waals surface area contributed by atoms with Crippen LogP contribution in [-0.2, 0) is 10.1 Å². The van der Waals surface area contributed by atoms with Gasteiger partial charge in [0.2, 0.25) is 0 Å². The molecule has 3 nitrogen and oxygen atoms in total. The molecule has 2 aromatic carbocycles. The summed E-state index contributed by atoms with van der Waals surface area (Å²) in [6.45, 7) is 3.39. The van der Waals surface area contributed by atoms with Crippen LogP contribution in [0.1, 0.15) is 0 Å². The van der Waals surface area contributed by atoms with E-state index in [4.69, 9.17) is 4.18 Å². The Morgan fingerprint density at radius 3 is 2.50 bits per heavy atom. The van der Waals surface area contributed by atoms with E-state index in [1.54, 1.807) is 12.1 Å². The second kappa shape index (κ2) is 6.84. The Morgan fingerprint density at radius 2 is 1.78 bits per heavy atom. The van der Waals surface area contributed by atoms with Gasteiger partial charge < -0.3 is 4.18 Å². The summed E-state index contributed by atoms with van der Waals surface area (Å²) in [6, 6.07) is 12.8. The van der Waals surface area contributed by atoms with E-state index in [9.17, 15) is 8.42 Å². The maximum absolute atomic E-state index is 11.6. The van der Waals surface area contributed by atoms with Crippen molar-refractivity contribution in [2.45, 2.75) is 0 Å². The van der Waals surface area contributed by atoms with Crippen LogP contribution in [0.2, 0.25) is 0 Å². The van der Waals surface area contributed by atoms with Crippen molar-refractivity contribution in [3.63, 3.8) is 0 Å². The number of hydrogen-bond donors (Lipinski definition) is 0. The van der Waals surface area contributed by atoms with Gasteiger partial charge in [0.05, 0.1) is 0 Å². The summed E-state index contributed by atoms with van der Waals surface area (Å²) in [5.74, 6) is 0.154. The molecule has 0 saturated carbocycles. The molecule has 0 aromatic heterocycles. The van der Waals surface area contributed by atoms with Crippen LogP contribution >= 0.6 is 0 Å². The first-order chi connectivity index (χ1) is 8.12. The SMILES string of the molecule is C=CCS(=O)(=O)Oc1cccc2ccccc12.[KH]. The number of benzene rings is 2. The van der Waals surface area contributed by atoms with Gasteiger partial charge in [-0.05, 0) is 11.5 Å². The van der Waals surface area contributed by atoms with Crippen molar-refractivity contribution in [3.05, 3.63) is 55.1 Å². The number of fused-ring (bicyclic) bond motifs is 1. The number of hydrogen-bond acceptors (Lipinski definition) is 3. The van der Waals surface area contributed by atoms with Gasteiger partial charge in [0.1, 0.15) is 11.5 Å². The number of rotatable bonds is 4. The second-order valence-corrected chi connectivity index (χ2v) is 5.19. The van der Waals surface area contributed by atoms with Gasteiger partial charge in [0, 0.05) is 5.39 Å².